The summed E-state index contributed by atoms with van der Waals surface area (Å²) in [5, 5.41) is 3.34. The van der Waals surface area contributed by atoms with E-state index < -0.39 is 20.2 Å². The van der Waals surface area contributed by atoms with Gasteiger partial charge < -0.3 is 9.11 Å². The summed E-state index contributed by atoms with van der Waals surface area (Å²) in [5.74, 6) is 0.685. The van der Waals surface area contributed by atoms with Crippen LogP contribution in [-0.2, 0) is 20.2 Å². The standard InChI is InChI=1S/2C10H8O3S.2C3H9N3/c2*11-14(12,13)10-6-5-8-3-1-2-4-9(8)7-10;2*1-6(2)3(4)5/h2*1-7H,(H,11,12,13);2*1-2H3,(H3,4,5). The van der Waals surface area contributed by atoms with E-state index >= 15 is 0 Å². The number of nitrogens with zero attached hydrogens (tertiary/aromatic N) is 2. The van der Waals surface area contributed by atoms with Crippen molar-refractivity contribution in [3.8, 4) is 0 Å². The molecule has 0 fully saturated rings. The minimum absolute atomic E-state index is 0.184. The number of hydrogen-bond donors (Lipinski definition) is 4. The highest BCUT2D eigenvalue weighted by Gasteiger charge is 2.02. The minimum atomic E-state index is -4.34. The van der Waals surface area contributed by atoms with Crippen LogP contribution in [0.2, 0.25) is 0 Å². The normalized spacial score (nSPS) is 10.6. The maximum absolute atomic E-state index is 10.7. The van der Waals surface area contributed by atoms with Crippen molar-refractivity contribution in [3.05, 3.63) is 84.9 Å². The molecule has 0 aliphatic rings. The predicted molar refractivity (Wildman–Crippen MR) is 155 cm³/mol. The Morgan fingerprint density at radius 2 is 0.775 bits per heavy atom. The van der Waals surface area contributed by atoms with Crippen molar-refractivity contribution in [1.29, 1.82) is 0 Å². The van der Waals surface area contributed by atoms with Gasteiger partial charge in [-0.2, -0.15) is 0 Å². The molecule has 4 aromatic carbocycles. The Balaban J connectivity index is 0.000000290. The summed E-state index contributed by atoms with van der Waals surface area (Å²) in [7, 11) is -1.54. The smallest absolute Gasteiger partial charge is 0.340 e. The van der Waals surface area contributed by atoms with Gasteiger partial charge in [-0.15, -0.1) is 0 Å². The molecule has 4 aromatic rings. The Hall–Kier alpha value is -4.24. The van der Waals surface area contributed by atoms with Crippen LogP contribution in [0, 0.1) is 0 Å². The first-order valence-corrected chi connectivity index (χ1v) is 14.2. The van der Waals surface area contributed by atoms with Crippen LogP contribution in [0.5, 0.6) is 0 Å². The molecule has 0 saturated carbocycles. The lowest BCUT2D eigenvalue weighted by molar-refractivity contribution is -0.466. The molecular formula is C26H34N6O6S2. The van der Waals surface area contributed by atoms with E-state index in [9.17, 15) is 25.9 Å². The molecule has 40 heavy (non-hydrogen) atoms. The number of fused-ring (bicyclic) bond motifs is 2. The maximum atomic E-state index is 10.7. The first-order valence-electron chi connectivity index (χ1n) is 11.4. The molecule has 0 radical (unpaired) electrons. The third-order valence-electron chi connectivity index (χ3n) is 5.05. The molecule has 0 amide bonds. The molecule has 4 rings (SSSR count). The van der Waals surface area contributed by atoms with Crippen molar-refractivity contribution in [2.75, 3.05) is 28.2 Å². The van der Waals surface area contributed by atoms with Gasteiger partial charge in [0, 0.05) is 0 Å². The maximum Gasteiger partial charge on any atom is 0.340 e. The largest absolute Gasteiger partial charge is 0.744 e. The summed E-state index contributed by atoms with van der Waals surface area (Å²) < 4.78 is 67.6. The summed E-state index contributed by atoms with van der Waals surface area (Å²) in [6, 6.07) is 23.2. The molecule has 0 aromatic heterocycles. The lowest BCUT2D eigenvalue weighted by atomic mass is 10.1. The van der Waals surface area contributed by atoms with Gasteiger partial charge in [0.1, 0.15) is 20.2 Å². The molecule has 0 heterocycles. The van der Waals surface area contributed by atoms with Gasteiger partial charge in [-0.1, -0.05) is 60.7 Å². The van der Waals surface area contributed by atoms with E-state index in [0.717, 1.165) is 21.5 Å². The monoisotopic (exact) mass is 590 g/mol. The van der Waals surface area contributed by atoms with Crippen LogP contribution in [0.3, 0.4) is 0 Å². The Kier molecular flexibility index (Phi) is 12.5. The predicted octanol–water partition coefficient (Wildman–Crippen LogP) is 0.552. The Morgan fingerprint density at radius 1 is 0.525 bits per heavy atom. The number of hydrogen-bond acceptors (Lipinski definition) is 6. The van der Waals surface area contributed by atoms with Crippen molar-refractivity contribution in [2.24, 2.45) is 22.9 Å². The van der Waals surface area contributed by atoms with Crippen LogP contribution in [0.25, 0.3) is 21.5 Å². The molecule has 0 atom stereocenters. The van der Waals surface area contributed by atoms with Crippen LogP contribution in [0.1, 0.15) is 0 Å². The molecule has 0 saturated heterocycles. The molecule has 12 nitrogen and oxygen atoms in total. The van der Waals surface area contributed by atoms with E-state index in [4.69, 9.17) is 22.9 Å². The first kappa shape index (κ1) is 33.8. The number of benzene rings is 4. The van der Waals surface area contributed by atoms with Crippen molar-refractivity contribution >= 4 is 53.7 Å². The van der Waals surface area contributed by atoms with Gasteiger partial charge >= 0.3 is 11.9 Å². The molecule has 14 heteroatoms. The van der Waals surface area contributed by atoms with Crippen LogP contribution in [0.4, 0.5) is 0 Å². The minimum Gasteiger partial charge on any atom is -0.744 e. The fourth-order valence-electron chi connectivity index (χ4n) is 2.65. The molecule has 0 bridgehead atoms. The van der Waals surface area contributed by atoms with E-state index in [1.807, 2.05) is 24.3 Å². The van der Waals surface area contributed by atoms with Gasteiger partial charge in [0.05, 0.1) is 38.0 Å². The third kappa shape index (κ3) is 11.7. The van der Waals surface area contributed by atoms with Gasteiger partial charge in [-0.25, -0.2) is 16.8 Å². The molecule has 8 N–H and O–H groups in total. The number of nitrogens with two attached hydrogens (primary N) is 4. The summed E-state index contributed by atoms with van der Waals surface area (Å²) in [5.41, 5.74) is 20.2. The number of guanidine groups is 2. The molecule has 0 spiro atoms. The Morgan fingerprint density at radius 3 is 1.00 bits per heavy atom. The summed E-state index contributed by atoms with van der Waals surface area (Å²) in [6.45, 7) is 0. The zero-order valence-corrected chi connectivity index (χ0v) is 24.2. The van der Waals surface area contributed by atoms with E-state index in [1.54, 1.807) is 73.7 Å². The highest BCUT2D eigenvalue weighted by molar-refractivity contribution is 7.86. The molecule has 216 valence electrons. The van der Waals surface area contributed by atoms with Crippen molar-refractivity contribution < 1.29 is 35.1 Å². The third-order valence-corrected chi connectivity index (χ3v) is 6.71. The fraction of sp³-hybridized carbons (Fsp3) is 0.154. The quantitative estimate of drug-likeness (QED) is 0.110. The van der Waals surface area contributed by atoms with Gasteiger partial charge in [-0.3, -0.25) is 32.1 Å². The summed E-state index contributed by atoms with van der Waals surface area (Å²) >= 11 is 0. The van der Waals surface area contributed by atoms with Gasteiger partial charge in [-0.05, 0) is 45.8 Å². The zero-order chi connectivity index (χ0) is 30.7. The highest BCUT2D eigenvalue weighted by atomic mass is 32.2. The average molecular weight is 591 g/mol. The lowest BCUT2D eigenvalue weighted by Crippen LogP contribution is -2.31. The van der Waals surface area contributed by atoms with E-state index in [2.05, 4.69) is 0 Å². The second-order valence-corrected chi connectivity index (χ2v) is 11.3. The SMILES string of the molecule is C[N+](C)=C(N)N.C[N+](C)=C(N)N.O=S(=O)([O-])c1ccc2ccccc2c1.O=S(=O)([O-])c1ccc2ccccc2c1. The zero-order valence-electron chi connectivity index (χ0n) is 22.6. The van der Waals surface area contributed by atoms with Gasteiger partial charge in [0.2, 0.25) is 0 Å². The lowest BCUT2D eigenvalue weighted by Gasteiger charge is -2.07. The van der Waals surface area contributed by atoms with E-state index in [-0.39, 0.29) is 9.79 Å². The van der Waals surface area contributed by atoms with Crippen molar-refractivity contribution in [1.82, 2.24) is 0 Å². The first-order chi connectivity index (χ1) is 18.4. The summed E-state index contributed by atoms with van der Waals surface area (Å²) in [6.07, 6.45) is 0. The van der Waals surface area contributed by atoms with Crippen LogP contribution in [-0.4, -0.2) is 75.2 Å². The second-order valence-electron chi connectivity index (χ2n) is 8.56. The highest BCUT2D eigenvalue weighted by Crippen LogP contribution is 2.19. The van der Waals surface area contributed by atoms with E-state index in [0.29, 0.717) is 11.9 Å². The fourth-order valence-corrected chi connectivity index (χ4v) is 3.66. The Labute approximate surface area is 234 Å². The number of rotatable bonds is 2. The second kappa shape index (κ2) is 14.8. The van der Waals surface area contributed by atoms with Crippen molar-refractivity contribution in [3.63, 3.8) is 0 Å². The van der Waals surface area contributed by atoms with Gasteiger partial charge in [0.25, 0.3) is 0 Å². The van der Waals surface area contributed by atoms with Crippen LogP contribution < -0.4 is 22.9 Å². The molecule has 0 aliphatic carbocycles. The van der Waals surface area contributed by atoms with E-state index in [1.165, 1.54) is 24.3 Å². The molecule has 0 unspecified atom stereocenters. The Bertz CT molecular complexity index is 1570. The van der Waals surface area contributed by atoms with Crippen LogP contribution in [0.15, 0.2) is 94.7 Å². The topological polar surface area (TPSA) is 224 Å². The molecule has 0 aliphatic heterocycles. The summed E-state index contributed by atoms with van der Waals surface area (Å²) in [4.78, 5) is -0.368. The van der Waals surface area contributed by atoms with Crippen LogP contribution >= 0.6 is 0 Å². The van der Waals surface area contributed by atoms with Crippen molar-refractivity contribution in [2.45, 2.75) is 9.79 Å². The van der Waals surface area contributed by atoms with Gasteiger partial charge in [0.15, 0.2) is 0 Å². The average Bonchev–Trinajstić information content (AvgIpc) is 2.88. The molecular weight excluding hydrogens is 556 g/mol.